The third-order valence-corrected chi connectivity index (χ3v) is 5.40. The molecular weight excluding hydrogens is 450 g/mol. The van der Waals surface area contributed by atoms with Crippen LogP contribution in [0.15, 0.2) is 48.5 Å². The zero-order valence-corrected chi connectivity index (χ0v) is 18.4. The summed E-state index contributed by atoms with van der Waals surface area (Å²) in [5, 5.41) is 2.97. The van der Waals surface area contributed by atoms with Crippen molar-refractivity contribution in [3.8, 4) is 11.1 Å². The van der Waals surface area contributed by atoms with E-state index in [9.17, 15) is 9.59 Å². The van der Waals surface area contributed by atoms with Crippen LogP contribution in [0.2, 0.25) is 0 Å². The van der Waals surface area contributed by atoms with Crippen molar-refractivity contribution < 1.29 is 23.8 Å². The van der Waals surface area contributed by atoms with Gasteiger partial charge in [0.1, 0.15) is 6.61 Å². The predicted molar refractivity (Wildman–Crippen MR) is 118 cm³/mol. The van der Waals surface area contributed by atoms with Gasteiger partial charge in [0, 0.05) is 12.5 Å². The lowest BCUT2D eigenvalue weighted by Crippen LogP contribution is -2.28. The van der Waals surface area contributed by atoms with E-state index in [1.807, 2.05) is 24.3 Å². The number of nitrogens with one attached hydrogen (secondary N) is 1. The van der Waals surface area contributed by atoms with Gasteiger partial charge in [0.15, 0.2) is 0 Å². The number of hydrogen-bond acceptors (Lipinski definition) is 5. The molecule has 0 saturated heterocycles. The second kappa shape index (κ2) is 11.8. The summed E-state index contributed by atoms with van der Waals surface area (Å²) in [6.07, 6.45) is 0.206. The number of ether oxygens (including phenoxy) is 3. The average Bonchev–Trinajstić information content (AvgIpc) is 3.10. The van der Waals surface area contributed by atoms with Crippen LogP contribution in [0.5, 0.6) is 0 Å². The number of hydrogen-bond donors (Lipinski definition) is 1. The van der Waals surface area contributed by atoms with E-state index in [0.717, 1.165) is 0 Å². The van der Waals surface area contributed by atoms with Crippen LogP contribution in [-0.4, -0.2) is 56.8 Å². The van der Waals surface area contributed by atoms with Crippen LogP contribution in [0.25, 0.3) is 11.1 Å². The molecule has 1 amide bonds. The first-order valence-electron chi connectivity index (χ1n) is 10.0. The van der Waals surface area contributed by atoms with Gasteiger partial charge < -0.3 is 19.5 Å². The maximum Gasteiger partial charge on any atom is 0.308 e. The minimum absolute atomic E-state index is 0.0701. The highest BCUT2D eigenvalue weighted by molar-refractivity contribution is 9.09. The fourth-order valence-corrected chi connectivity index (χ4v) is 3.67. The summed E-state index contributed by atoms with van der Waals surface area (Å²) in [6.45, 7) is 2.31. The number of carbonyl (C=O) groups excluding carboxylic acids is 2. The fourth-order valence-electron chi connectivity index (χ4n) is 3.48. The highest BCUT2D eigenvalue weighted by Gasteiger charge is 2.28. The predicted octanol–water partition coefficient (Wildman–Crippen LogP) is 3.28. The van der Waals surface area contributed by atoms with Gasteiger partial charge in [0.25, 0.3) is 0 Å². The van der Waals surface area contributed by atoms with E-state index in [-0.39, 0.29) is 29.5 Å². The number of carbonyl (C=O) groups is 2. The molecule has 0 bridgehead atoms. The van der Waals surface area contributed by atoms with E-state index < -0.39 is 0 Å². The standard InChI is InChI=1S/C23H26BrNO5/c24-15-22(26)25-10-12-29-14-13-28-11-9-23(27)30-16-21-19-7-3-1-5-17(19)18-6-2-4-8-20(18)21/h1-8,21H,9-16H2,(H,25,26). The number of amides is 1. The number of alkyl halides is 1. The molecule has 6 nitrogen and oxygen atoms in total. The molecule has 0 atom stereocenters. The van der Waals surface area contributed by atoms with Crippen LogP contribution in [0.4, 0.5) is 0 Å². The summed E-state index contributed by atoms with van der Waals surface area (Å²) in [7, 11) is 0. The zero-order chi connectivity index (χ0) is 21.2. The third kappa shape index (κ3) is 6.14. The van der Waals surface area contributed by atoms with Crippen molar-refractivity contribution in [3.63, 3.8) is 0 Å². The van der Waals surface area contributed by atoms with E-state index in [0.29, 0.717) is 39.6 Å². The van der Waals surface area contributed by atoms with Crippen molar-refractivity contribution in [2.45, 2.75) is 12.3 Å². The molecule has 1 N–H and O–H groups in total. The zero-order valence-electron chi connectivity index (χ0n) is 16.8. The van der Waals surface area contributed by atoms with E-state index >= 15 is 0 Å². The molecule has 0 spiro atoms. The Kier molecular flexibility index (Phi) is 8.86. The highest BCUT2D eigenvalue weighted by Crippen LogP contribution is 2.44. The first-order valence-corrected chi connectivity index (χ1v) is 11.1. The van der Waals surface area contributed by atoms with Crippen LogP contribution in [0, 0.1) is 0 Å². The molecule has 0 radical (unpaired) electrons. The molecule has 2 aromatic carbocycles. The largest absolute Gasteiger partial charge is 0.465 e. The van der Waals surface area contributed by atoms with Gasteiger partial charge in [-0.25, -0.2) is 0 Å². The summed E-state index contributed by atoms with van der Waals surface area (Å²) in [5.74, 6) is -0.270. The van der Waals surface area contributed by atoms with Crippen molar-refractivity contribution in [2.24, 2.45) is 0 Å². The van der Waals surface area contributed by atoms with Gasteiger partial charge in [-0.1, -0.05) is 64.5 Å². The fraction of sp³-hybridized carbons (Fsp3) is 0.391. The minimum Gasteiger partial charge on any atom is -0.465 e. The summed E-state index contributed by atoms with van der Waals surface area (Å²) < 4.78 is 16.3. The van der Waals surface area contributed by atoms with Gasteiger partial charge in [-0.05, 0) is 22.3 Å². The Hall–Kier alpha value is -2.22. The molecule has 1 aliphatic rings. The number of esters is 1. The van der Waals surface area contributed by atoms with Crippen molar-refractivity contribution in [2.75, 3.05) is 44.9 Å². The molecule has 0 aliphatic heterocycles. The molecule has 7 heteroatoms. The van der Waals surface area contributed by atoms with Crippen LogP contribution < -0.4 is 5.32 Å². The lowest BCUT2D eigenvalue weighted by Gasteiger charge is -2.14. The van der Waals surface area contributed by atoms with E-state index in [2.05, 4.69) is 45.5 Å². The molecular formula is C23H26BrNO5. The smallest absolute Gasteiger partial charge is 0.308 e. The Bertz CT molecular complexity index is 811. The molecule has 1 aliphatic carbocycles. The SMILES string of the molecule is O=C(CBr)NCCOCCOCCC(=O)OCC1c2ccccc2-c2ccccc21. The van der Waals surface area contributed by atoms with Crippen molar-refractivity contribution in [1.29, 1.82) is 0 Å². The van der Waals surface area contributed by atoms with Crippen LogP contribution in [0.3, 0.4) is 0 Å². The number of rotatable bonds is 12. The quantitative estimate of drug-likeness (QED) is 0.289. The van der Waals surface area contributed by atoms with Gasteiger partial charge in [-0.15, -0.1) is 0 Å². The summed E-state index contributed by atoms with van der Waals surface area (Å²) in [5.41, 5.74) is 4.83. The van der Waals surface area contributed by atoms with Gasteiger partial charge in [0.2, 0.25) is 5.91 Å². The second-order valence-electron chi connectivity index (χ2n) is 6.87. The Morgan fingerprint density at radius 1 is 0.867 bits per heavy atom. The molecule has 160 valence electrons. The Labute approximate surface area is 185 Å². The van der Waals surface area contributed by atoms with Gasteiger partial charge >= 0.3 is 5.97 Å². The normalized spacial score (nSPS) is 12.3. The molecule has 0 fully saturated rings. The summed E-state index contributed by atoms with van der Waals surface area (Å²) in [4.78, 5) is 23.1. The van der Waals surface area contributed by atoms with Crippen molar-refractivity contribution in [1.82, 2.24) is 5.32 Å². The first-order chi connectivity index (χ1) is 14.7. The van der Waals surface area contributed by atoms with Crippen molar-refractivity contribution >= 4 is 27.8 Å². The number of benzene rings is 2. The Balaban J connectivity index is 1.32. The molecule has 0 aromatic heterocycles. The average molecular weight is 476 g/mol. The van der Waals surface area contributed by atoms with Gasteiger partial charge in [0.05, 0.1) is 38.2 Å². The molecule has 0 unspecified atom stereocenters. The Morgan fingerprint density at radius 3 is 2.10 bits per heavy atom. The topological polar surface area (TPSA) is 73.9 Å². The molecule has 0 saturated carbocycles. The maximum absolute atomic E-state index is 12.1. The van der Waals surface area contributed by atoms with Crippen LogP contribution in [0.1, 0.15) is 23.5 Å². The molecule has 0 heterocycles. The van der Waals surface area contributed by atoms with E-state index in [1.165, 1.54) is 22.3 Å². The lowest BCUT2D eigenvalue weighted by atomic mass is 9.98. The first kappa shape index (κ1) is 22.5. The van der Waals surface area contributed by atoms with Crippen LogP contribution in [-0.2, 0) is 23.8 Å². The van der Waals surface area contributed by atoms with Crippen molar-refractivity contribution in [3.05, 3.63) is 59.7 Å². The molecule has 2 aromatic rings. The Morgan fingerprint density at radius 2 is 1.47 bits per heavy atom. The molecule has 30 heavy (non-hydrogen) atoms. The van der Waals surface area contributed by atoms with E-state index in [1.54, 1.807) is 0 Å². The number of fused-ring (bicyclic) bond motifs is 3. The summed E-state index contributed by atoms with van der Waals surface area (Å²) >= 11 is 3.07. The monoisotopic (exact) mass is 475 g/mol. The highest BCUT2D eigenvalue weighted by atomic mass is 79.9. The van der Waals surface area contributed by atoms with Gasteiger partial charge in [-0.2, -0.15) is 0 Å². The van der Waals surface area contributed by atoms with Gasteiger partial charge in [-0.3, -0.25) is 9.59 Å². The third-order valence-electron chi connectivity index (χ3n) is 4.89. The number of halogens is 1. The van der Waals surface area contributed by atoms with E-state index in [4.69, 9.17) is 14.2 Å². The lowest BCUT2D eigenvalue weighted by molar-refractivity contribution is -0.145. The maximum atomic E-state index is 12.1. The minimum atomic E-state index is -0.268. The second-order valence-corrected chi connectivity index (χ2v) is 7.43. The molecule has 3 rings (SSSR count). The summed E-state index contributed by atoms with van der Waals surface area (Å²) in [6, 6.07) is 16.5. The van der Waals surface area contributed by atoms with Crippen LogP contribution >= 0.6 is 15.9 Å².